The lowest BCUT2D eigenvalue weighted by Crippen LogP contribution is -2.08. The van der Waals surface area contributed by atoms with Gasteiger partial charge in [-0.2, -0.15) is 0 Å². The Morgan fingerprint density at radius 3 is 2.41 bits per heavy atom. The van der Waals surface area contributed by atoms with Gasteiger partial charge in [-0.05, 0) is 66.2 Å². The summed E-state index contributed by atoms with van der Waals surface area (Å²) in [5, 5.41) is 0.572. The Morgan fingerprint density at radius 2 is 1.62 bits per heavy atom. The molecule has 29 heavy (non-hydrogen) atoms. The quantitative estimate of drug-likeness (QED) is 0.253. The first-order chi connectivity index (χ1) is 14.1. The van der Waals surface area contributed by atoms with Crippen molar-refractivity contribution in [3.63, 3.8) is 0 Å². The summed E-state index contributed by atoms with van der Waals surface area (Å²) in [6.45, 7) is 0.133. The van der Waals surface area contributed by atoms with Crippen molar-refractivity contribution in [3.8, 4) is 17.2 Å². The van der Waals surface area contributed by atoms with Crippen LogP contribution >= 0.6 is 11.6 Å². The molecule has 1 heterocycles. The third-order valence-electron chi connectivity index (χ3n) is 4.28. The molecule has 0 radical (unpaired) electrons. The summed E-state index contributed by atoms with van der Waals surface area (Å²) in [7, 11) is 0. The van der Waals surface area contributed by atoms with E-state index in [1.165, 1.54) is 6.08 Å². The molecular formula is C23H15ClO5. The number of esters is 1. The fourth-order valence-electron chi connectivity index (χ4n) is 2.75. The summed E-state index contributed by atoms with van der Waals surface area (Å²) in [5.41, 5.74) is 1.57. The van der Waals surface area contributed by atoms with E-state index in [9.17, 15) is 9.59 Å². The highest BCUT2D eigenvalue weighted by Crippen LogP contribution is 2.32. The Hall–Kier alpha value is -3.57. The van der Waals surface area contributed by atoms with Gasteiger partial charge >= 0.3 is 5.97 Å². The van der Waals surface area contributed by atoms with Crippen LogP contribution in [0.4, 0.5) is 0 Å². The predicted octanol–water partition coefficient (Wildman–Crippen LogP) is 5.18. The molecule has 0 saturated carbocycles. The molecule has 0 aliphatic carbocycles. The molecule has 0 bridgehead atoms. The molecule has 0 aromatic heterocycles. The molecule has 0 atom stereocenters. The zero-order chi connectivity index (χ0) is 20.2. The van der Waals surface area contributed by atoms with E-state index in [4.69, 9.17) is 25.8 Å². The lowest BCUT2D eigenvalue weighted by molar-refractivity contribution is 0.0734. The topological polar surface area (TPSA) is 61.8 Å². The molecule has 144 valence electrons. The summed E-state index contributed by atoms with van der Waals surface area (Å²) in [5.74, 6) is 0.721. The van der Waals surface area contributed by atoms with Crippen molar-refractivity contribution in [2.75, 3.05) is 6.79 Å². The Kier molecular flexibility index (Phi) is 5.31. The van der Waals surface area contributed by atoms with Gasteiger partial charge in [0, 0.05) is 10.6 Å². The number of allylic oxidation sites excluding steroid dienone is 1. The van der Waals surface area contributed by atoms with Gasteiger partial charge in [-0.25, -0.2) is 4.79 Å². The fourth-order valence-corrected chi connectivity index (χ4v) is 2.95. The lowest BCUT2D eigenvalue weighted by atomic mass is 10.1. The summed E-state index contributed by atoms with van der Waals surface area (Å²) in [6.07, 6.45) is 3.12. The maximum absolute atomic E-state index is 12.3. The standard InChI is InChI=1S/C23H15ClO5/c24-19-4-2-1-3-15(19)7-11-20(25)16-5-9-18(10-6-16)29-23(26)17-8-12-21-22(13-17)28-14-27-21/h1-13H,14H2. The Bertz CT molecular complexity index is 1100. The van der Waals surface area contributed by atoms with E-state index in [0.29, 0.717) is 33.4 Å². The first kappa shape index (κ1) is 18.8. The monoisotopic (exact) mass is 406 g/mol. The van der Waals surface area contributed by atoms with Crippen molar-refractivity contribution in [2.24, 2.45) is 0 Å². The molecule has 3 aromatic rings. The number of ether oxygens (including phenoxy) is 3. The number of hydrogen-bond donors (Lipinski definition) is 0. The second kappa shape index (κ2) is 8.20. The second-order valence-corrected chi connectivity index (χ2v) is 6.61. The van der Waals surface area contributed by atoms with E-state index in [2.05, 4.69) is 0 Å². The molecule has 6 heteroatoms. The largest absolute Gasteiger partial charge is 0.454 e. The first-order valence-electron chi connectivity index (χ1n) is 8.79. The van der Waals surface area contributed by atoms with Crippen LogP contribution in [0, 0.1) is 0 Å². The Balaban J connectivity index is 1.42. The van der Waals surface area contributed by atoms with E-state index in [1.807, 2.05) is 18.2 Å². The number of hydrogen-bond acceptors (Lipinski definition) is 5. The zero-order valence-electron chi connectivity index (χ0n) is 15.1. The van der Waals surface area contributed by atoms with Gasteiger partial charge in [0.05, 0.1) is 5.56 Å². The van der Waals surface area contributed by atoms with E-state index in [-0.39, 0.29) is 12.6 Å². The molecule has 1 aliphatic heterocycles. The molecule has 0 amide bonds. The van der Waals surface area contributed by atoms with Gasteiger partial charge in [0.25, 0.3) is 0 Å². The molecule has 0 N–H and O–H groups in total. The van der Waals surface area contributed by atoms with Crippen molar-refractivity contribution < 1.29 is 23.8 Å². The lowest BCUT2D eigenvalue weighted by Gasteiger charge is -2.06. The minimum Gasteiger partial charge on any atom is -0.454 e. The molecular weight excluding hydrogens is 392 g/mol. The van der Waals surface area contributed by atoms with Crippen LogP contribution in [-0.2, 0) is 0 Å². The van der Waals surface area contributed by atoms with Gasteiger partial charge < -0.3 is 14.2 Å². The molecule has 0 fully saturated rings. The average Bonchev–Trinajstić information content (AvgIpc) is 3.21. The number of halogens is 1. The van der Waals surface area contributed by atoms with Gasteiger partial charge in [-0.15, -0.1) is 0 Å². The summed E-state index contributed by atoms with van der Waals surface area (Å²) in [6, 6.07) is 18.4. The summed E-state index contributed by atoms with van der Waals surface area (Å²) in [4.78, 5) is 24.6. The minimum absolute atomic E-state index is 0.133. The Labute approximate surface area is 172 Å². The number of carbonyl (C=O) groups is 2. The van der Waals surface area contributed by atoms with Crippen LogP contribution in [0.25, 0.3) is 6.08 Å². The van der Waals surface area contributed by atoms with Crippen LogP contribution in [0.1, 0.15) is 26.3 Å². The third-order valence-corrected chi connectivity index (χ3v) is 4.62. The Morgan fingerprint density at radius 1 is 0.897 bits per heavy atom. The van der Waals surface area contributed by atoms with Crippen molar-refractivity contribution in [2.45, 2.75) is 0 Å². The van der Waals surface area contributed by atoms with Crippen LogP contribution in [0.15, 0.2) is 72.8 Å². The van der Waals surface area contributed by atoms with Crippen molar-refractivity contribution in [3.05, 3.63) is 94.5 Å². The van der Waals surface area contributed by atoms with E-state index >= 15 is 0 Å². The van der Waals surface area contributed by atoms with Gasteiger partial charge in [0.15, 0.2) is 17.3 Å². The van der Waals surface area contributed by atoms with Crippen molar-refractivity contribution in [1.82, 2.24) is 0 Å². The summed E-state index contributed by atoms with van der Waals surface area (Å²) >= 11 is 6.08. The van der Waals surface area contributed by atoms with Crippen molar-refractivity contribution in [1.29, 1.82) is 0 Å². The fraction of sp³-hybridized carbons (Fsp3) is 0.0435. The van der Waals surface area contributed by atoms with Gasteiger partial charge in [0.2, 0.25) is 6.79 Å². The van der Waals surface area contributed by atoms with Crippen LogP contribution in [0.3, 0.4) is 0 Å². The van der Waals surface area contributed by atoms with Gasteiger partial charge in [0.1, 0.15) is 5.75 Å². The van der Waals surface area contributed by atoms with Crippen LogP contribution in [0.5, 0.6) is 17.2 Å². The van der Waals surface area contributed by atoms with E-state index in [0.717, 1.165) is 5.56 Å². The molecule has 0 spiro atoms. The van der Waals surface area contributed by atoms with Crippen LogP contribution < -0.4 is 14.2 Å². The van der Waals surface area contributed by atoms with Gasteiger partial charge in [-0.3, -0.25) is 4.79 Å². The number of benzene rings is 3. The maximum atomic E-state index is 12.3. The highest BCUT2D eigenvalue weighted by molar-refractivity contribution is 6.32. The van der Waals surface area contributed by atoms with E-state index < -0.39 is 5.97 Å². The second-order valence-electron chi connectivity index (χ2n) is 6.20. The number of carbonyl (C=O) groups excluding carboxylic acids is 2. The number of rotatable bonds is 5. The van der Waals surface area contributed by atoms with E-state index in [1.54, 1.807) is 54.6 Å². The normalized spacial score (nSPS) is 12.2. The maximum Gasteiger partial charge on any atom is 0.343 e. The van der Waals surface area contributed by atoms with Crippen LogP contribution in [0.2, 0.25) is 5.02 Å². The van der Waals surface area contributed by atoms with Crippen molar-refractivity contribution >= 4 is 29.4 Å². The average molecular weight is 407 g/mol. The molecule has 0 saturated heterocycles. The highest BCUT2D eigenvalue weighted by Gasteiger charge is 2.17. The third kappa shape index (κ3) is 4.31. The van der Waals surface area contributed by atoms with Gasteiger partial charge in [-0.1, -0.05) is 29.8 Å². The zero-order valence-corrected chi connectivity index (χ0v) is 15.9. The number of ketones is 1. The smallest absolute Gasteiger partial charge is 0.343 e. The SMILES string of the molecule is O=C(C=Cc1ccccc1Cl)c1ccc(OC(=O)c2ccc3c(c2)OCO3)cc1. The summed E-state index contributed by atoms with van der Waals surface area (Å²) < 4.78 is 15.8. The number of fused-ring (bicyclic) bond motifs is 1. The first-order valence-corrected chi connectivity index (χ1v) is 9.17. The minimum atomic E-state index is -0.527. The van der Waals surface area contributed by atoms with Crippen LogP contribution in [-0.4, -0.2) is 18.5 Å². The predicted molar refractivity (Wildman–Crippen MR) is 109 cm³/mol. The molecule has 5 nitrogen and oxygen atoms in total. The molecule has 1 aliphatic rings. The molecule has 3 aromatic carbocycles. The molecule has 4 rings (SSSR count). The highest BCUT2D eigenvalue weighted by atomic mass is 35.5. The molecule has 0 unspecified atom stereocenters.